The average molecular weight is 414 g/mol. The number of nitriles is 1. The van der Waals surface area contributed by atoms with Crippen LogP contribution in [0.4, 0.5) is 5.69 Å². The number of fused-ring (bicyclic) bond motifs is 1. The van der Waals surface area contributed by atoms with Crippen LogP contribution in [0.5, 0.6) is 0 Å². The summed E-state index contributed by atoms with van der Waals surface area (Å²) in [6.45, 7) is 0.349. The Morgan fingerprint density at radius 2 is 1.83 bits per heavy atom. The van der Waals surface area contributed by atoms with Gasteiger partial charge in [-0.1, -0.05) is 48.2 Å². The van der Waals surface area contributed by atoms with Gasteiger partial charge in [-0.3, -0.25) is 4.79 Å². The molecule has 0 atom stereocenters. The van der Waals surface area contributed by atoms with Gasteiger partial charge in [-0.15, -0.1) is 0 Å². The normalized spacial score (nSPS) is 10.6. The molecule has 4 aromatic rings. The molecule has 0 aliphatic carbocycles. The van der Waals surface area contributed by atoms with E-state index < -0.39 is 0 Å². The van der Waals surface area contributed by atoms with E-state index in [1.54, 1.807) is 17.2 Å². The molecular formula is C23H18N4O2S. The first-order valence-corrected chi connectivity index (χ1v) is 10.4. The van der Waals surface area contributed by atoms with Crippen molar-refractivity contribution in [3.63, 3.8) is 0 Å². The van der Waals surface area contributed by atoms with Crippen LogP contribution in [0.2, 0.25) is 0 Å². The number of hydrogen-bond donors (Lipinski definition) is 0. The molecule has 0 unspecified atom stereocenters. The van der Waals surface area contributed by atoms with E-state index in [9.17, 15) is 4.79 Å². The molecule has 0 spiro atoms. The summed E-state index contributed by atoms with van der Waals surface area (Å²) in [5.41, 5.74) is 1.57. The van der Waals surface area contributed by atoms with Crippen molar-refractivity contribution in [2.24, 2.45) is 0 Å². The number of carbonyl (C=O) groups is 1. The standard InChI is InChI=1S/C23H18N4O2S/c24-13-7-14-27(17-8-2-1-3-9-17)21(28)16-30-23-18-10-4-5-11-19(18)25-22(26-23)20-12-6-15-29-20/h1-6,8-12,15H,7,14,16H2. The summed E-state index contributed by atoms with van der Waals surface area (Å²) in [6, 6.07) is 22.8. The molecule has 0 bridgehead atoms. The van der Waals surface area contributed by atoms with Crippen LogP contribution >= 0.6 is 11.8 Å². The fraction of sp³-hybridized carbons (Fsp3) is 0.130. The van der Waals surface area contributed by atoms with E-state index in [-0.39, 0.29) is 18.1 Å². The van der Waals surface area contributed by atoms with Gasteiger partial charge in [0.2, 0.25) is 5.91 Å². The summed E-state index contributed by atoms with van der Waals surface area (Å²) in [6.07, 6.45) is 1.85. The number of anilines is 1. The minimum atomic E-state index is -0.0799. The van der Waals surface area contributed by atoms with Gasteiger partial charge < -0.3 is 9.32 Å². The molecule has 0 saturated heterocycles. The topological polar surface area (TPSA) is 83.0 Å². The number of furan rings is 1. The molecule has 2 aromatic heterocycles. The number of nitrogens with zero attached hydrogens (tertiary/aromatic N) is 4. The van der Waals surface area contributed by atoms with Crippen LogP contribution in [0.1, 0.15) is 6.42 Å². The van der Waals surface area contributed by atoms with E-state index in [1.807, 2.05) is 60.7 Å². The Morgan fingerprint density at radius 1 is 1.03 bits per heavy atom. The maximum atomic E-state index is 13.0. The Hall–Kier alpha value is -3.63. The summed E-state index contributed by atoms with van der Waals surface area (Å²) >= 11 is 1.36. The summed E-state index contributed by atoms with van der Waals surface area (Å²) in [5, 5.41) is 10.6. The largest absolute Gasteiger partial charge is 0.461 e. The number of hydrogen-bond acceptors (Lipinski definition) is 6. The lowest BCUT2D eigenvalue weighted by molar-refractivity contribution is -0.116. The zero-order valence-corrected chi connectivity index (χ0v) is 16.9. The van der Waals surface area contributed by atoms with Gasteiger partial charge in [-0.25, -0.2) is 9.97 Å². The molecule has 0 fully saturated rings. The van der Waals surface area contributed by atoms with Gasteiger partial charge in [0.15, 0.2) is 11.6 Å². The third kappa shape index (κ3) is 4.34. The van der Waals surface area contributed by atoms with Crippen LogP contribution in [0.15, 0.2) is 82.4 Å². The summed E-state index contributed by atoms with van der Waals surface area (Å²) in [7, 11) is 0. The molecule has 0 aliphatic rings. The molecule has 2 aromatic carbocycles. The maximum absolute atomic E-state index is 13.0. The Kier molecular flexibility index (Phi) is 6.06. The van der Waals surface area contributed by atoms with E-state index in [4.69, 9.17) is 9.68 Å². The predicted molar refractivity (Wildman–Crippen MR) is 117 cm³/mol. The molecule has 0 radical (unpaired) electrons. The number of para-hydroxylation sites is 2. The highest BCUT2D eigenvalue weighted by atomic mass is 32.2. The van der Waals surface area contributed by atoms with Crippen molar-refractivity contribution >= 4 is 34.3 Å². The van der Waals surface area contributed by atoms with Gasteiger partial charge in [0.1, 0.15) is 5.03 Å². The van der Waals surface area contributed by atoms with Crippen molar-refractivity contribution in [2.45, 2.75) is 11.4 Å². The first-order valence-electron chi connectivity index (χ1n) is 9.42. The minimum Gasteiger partial charge on any atom is -0.461 e. The van der Waals surface area contributed by atoms with Gasteiger partial charge in [0, 0.05) is 17.6 Å². The lowest BCUT2D eigenvalue weighted by atomic mass is 10.2. The maximum Gasteiger partial charge on any atom is 0.237 e. The highest BCUT2D eigenvalue weighted by Gasteiger charge is 2.18. The molecule has 7 heteroatoms. The molecule has 0 N–H and O–H groups in total. The molecule has 0 saturated carbocycles. The second kappa shape index (κ2) is 9.25. The number of benzene rings is 2. The SMILES string of the molecule is N#CCCN(C(=O)CSc1nc(-c2ccco2)nc2ccccc12)c1ccccc1. The van der Waals surface area contributed by atoms with Gasteiger partial charge >= 0.3 is 0 Å². The second-order valence-electron chi connectivity index (χ2n) is 6.42. The predicted octanol–water partition coefficient (Wildman–Crippen LogP) is 4.93. The zero-order chi connectivity index (χ0) is 20.8. The molecule has 0 aliphatic heterocycles. The van der Waals surface area contributed by atoms with Crippen molar-refractivity contribution in [1.82, 2.24) is 9.97 Å². The number of aromatic nitrogens is 2. The van der Waals surface area contributed by atoms with Crippen LogP contribution in [-0.4, -0.2) is 28.2 Å². The van der Waals surface area contributed by atoms with Gasteiger partial charge in [0.05, 0.1) is 30.0 Å². The minimum absolute atomic E-state index is 0.0799. The van der Waals surface area contributed by atoms with Crippen LogP contribution < -0.4 is 4.90 Å². The summed E-state index contributed by atoms with van der Waals surface area (Å²) in [4.78, 5) is 23.9. The Bertz CT molecular complexity index is 1190. The molecule has 1 amide bonds. The van der Waals surface area contributed by atoms with E-state index in [0.29, 0.717) is 23.2 Å². The number of amides is 1. The highest BCUT2D eigenvalue weighted by molar-refractivity contribution is 8.00. The molecule has 2 heterocycles. The quantitative estimate of drug-likeness (QED) is 0.315. The Balaban J connectivity index is 1.60. The average Bonchev–Trinajstić information content (AvgIpc) is 3.33. The third-order valence-corrected chi connectivity index (χ3v) is 5.43. The van der Waals surface area contributed by atoms with E-state index in [0.717, 1.165) is 16.6 Å². The van der Waals surface area contributed by atoms with Crippen LogP contribution in [0.3, 0.4) is 0 Å². The van der Waals surface area contributed by atoms with Crippen molar-refractivity contribution < 1.29 is 9.21 Å². The number of rotatable bonds is 7. The van der Waals surface area contributed by atoms with E-state index in [1.165, 1.54) is 11.8 Å². The van der Waals surface area contributed by atoms with E-state index in [2.05, 4.69) is 16.0 Å². The van der Waals surface area contributed by atoms with Crippen molar-refractivity contribution in [3.05, 3.63) is 73.0 Å². The van der Waals surface area contributed by atoms with Gasteiger partial charge in [-0.2, -0.15) is 5.26 Å². The smallest absolute Gasteiger partial charge is 0.237 e. The lowest BCUT2D eigenvalue weighted by Crippen LogP contribution is -2.33. The third-order valence-electron chi connectivity index (χ3n) is 4.46. The van der Waals surface area contributed by atoms with Gasteiger partial charge in [0.25, 0.3) is 0 Å². The van der Waals surface area contributed by atoms with Crippen LogP contribution in [0, 0.1) is 11.3 Å². The zero-order valence-electron chi connectivity index (χ0n) is 16.1. The van der Waals surface area contributed by atoms with Crippen LogP contribution in [-0.2, 0) is 4.79 Å². The first kappa shape index (κ1) is 19.7. The fourth-order valence-corrected chi connectivity index (χ4v) is 3.94. The summed E-state index contributed by atoms with van der Waals surface area (Å²) in [5.74, 6) is 1.18. The molecule has 148 valence electrons. The second-order valence-corrected chi connectivity index (χ2v) is 7.39. The van der Waals surface area contributed by atoms with Crippen LogP contribution in [0.25, 0.3) is 22.5 Å². The van der Waals surface area contributed by atoms with Crippen molar-refractivity contribution in [3.8, 4) is 17.7 Å². The first-order chi connectivity index (χ1) is 14.8. The Morgan fingerprint density at radius 3 is 2.60 bits per heavy atom. The molecule has 30 heavy (non-hydrogen) atoms. The fourth-order valence-electron chi connectivity index (χ4n) is 3.05. The number of carbonyl (C=O) groups excluding carboxylic acids is 1. The Labute approximate surface area is 178 Å². The molecule has 6 nitrogen and oxygen atoms in total. The lowest BCUT2D eigenvalue weighted by Gasteiger charge is -2.21. The van der Waals surface area contributed by atoms with Gasteiger partial charge in [-0.05, 0) is 30.3 Å². The molecule has 4 rings (SSSR count). The van der Waals surface area contributed by atoms with E-state index >= 15 is 0 Å². The van der Waals surface area contributed by atoms with Crippen molar-refractivity contribution in [2.75, 3.05) is 17.2 Å². The summed E-state index contributed by atoms with van der Waals surface area (Å²) < 4.78 is 5.45. The monoisotopic (exact) mass is 414 g/mol. The van der Waals surface area contributed by atoms with Crippen molar-refractivity contribution in [1.29, 1.82) is 5.26 Å². The number of thioether (sulfide) groups is 1. The molecular weight excluding hydrogens is 396 g/mol. The highest BCUT2D eigenvalue weighted by Crippen LogP contribution is 2.29.